The molecule has 0 bridgehead atoms. The van der Waals surface area contributed by atoms with Crippen molar-refractivity contribution in [1.29, 1.82) is 0 Å². The topological polar surface area (TPSA) is 0 Å². The summed E-state index contributed by atoms with van der Waals surface area (Å²) in [5, 5.41) is 0. The molecular formula is C11H22. The Morgan fingerprint density at radius 1 is 1.45 bits per heavy atom. The average Bonchev–Trinajstić information content (AvgIpc) is 2.04. The minimum Gasteiger partial charge on any atom is -0.0961 e. The molecule has 0 aromatic rings. The van der Waals surface area contributed by atoms with Crippen LogP contribution >= 0.6 is 0 Å². The largest absolute Gasteiger partial charge is 0.0961 e. The fourth-order valence-electron chi connectivity index (χ4n) is 0.465. The maximum Gasteiger partial charge on any atom is -0.0261 e. The lowest BCUT2D eigenvalue weighted by Gasteiger charge is -1.97. The zero-order valence-corrected chi connectivity index (χ0v) is 8.65. The van der Waals surface area contributed by atoms with Crippen molar-refractivity contribution in [2.24, 2.45) is 5.92 Å². The van der Waals surface area contributed by atoms with E-state index in [1.165, 1.54) is 6.42 Å². The molecule has 1 atom stereocenters. The second-order valence-corrected chi connectivity index (χ2v) is 2.59. The van der Waals surface area contributed by atoms with Crippen molar-refractivity contribution in [2.75, 3.05) is 0 Å². The SMILES string of the molecule is C=C(C)/C=C\C(C)CC.CC. The smallest absolute Gasteiger partial charge is 0.0261 e. The van der Waals surface area contributed by atoms with Crippen LogP contribution in [0.2, 0.25) is 0 Å². The van der Waals surface area contributed by atoms with Crippen LogP contribution in [0, 0.1) is 5.92 Å². The third kappa shape index (κ3) is 12.6. The molecule has 0 aromatic carbocycles. The van der Waals surface area contributed by atoms with Gasteiger partial charge in [0.05, 0.1) is 0 Å². The molecule has 0 fully saturated rings. The van der Waals surface area contributed by atoms with Crippen molar-refractivity contribution < 1.29 is 0 Å². The summed E-state index contributed by atoms with van der Waals surface area (Å²) in [4.78, 5) is 0. The van der Waals surface area contributed by atoms with Gasteiger partial charge in [-0.2, -0.15) is 0 Å². The Balaban J connectivity index is 0. The molecule has 0 spiro atoms. The van der Waals surface area contributed by atoms with E-state index in [2.05, 4.69) is 32.6 Å². The monoisotopic (exact) mass is 154 g/mol. The van der Waals surface area contributed by atoms with Crippen LogP contribution in [-0.2, 0) is 0 Å². The highest BCUT2D eigenvalue weighted by molar-refractivity contribution is 5.11. The van der Waals surface area contributed by atoms with Gasteiger partial charge in [0.25, 0.3) is 0 Å². The molecule has 0 aromatic heterocycles. The van der Waals surface area contributed by atoms with Crippen LogP contribution in [0.1, 0.15) is 41.0 Å². The normalized spacial score (nSPS) is 12.1. The van der Waals surface area contributed by atoms with Crippen LogP contribution < -0.4 is 0 Å². The van der Waals surface area contributed by atoms with Gasteiger partial charge < -0.3 is 0 Å². The van der Waals surface area contributed by atoms with Gasteiger partial charge in [0, 0.05) is 0 Å². The standard InChI is InChI=1S/C9H16.C2H6/c1-5-9(4)7-6-8(2)3;1-2/h6-7,9H,2,5H2,1,3-4H3;1-2H3/b7-6-;. The second-order valence-electron chi connectivity index (χ2n) is 2.59. The summed E-state index contributed by atoms with van der Waals surface area (Å²) in [6, 6.07) is 0. The van der Waals surface area contributed by atoms with Gasteiger partial charge in [0.15, 0.2) is 0 Å². The number of rotatable bonds is 3. The van der Waals surface area contributed by atoms with Crippen LogP contribution in [0.5, 0.6) is 0 Å². The van der Waals surface area contributed by atoms with Crippen molar-refractivity contribution in [2.45, 2.75) is 41.0 Å². The highest BCUT2D eigenvalue weighted by Gasteiger charge is 1.88. The predicted octanol–water partition coefficient (Wildman–Crippen LogP) is 4.19. The summed E-state index contributed by atoms with van der Waals surface area (Å²) in [5.41, 5.74) is 1.13. The molecular weight excluding hydrogens is 132 g/mol. The predicted molar refractivity (Wildman–Crippen MR) is 54.8 cm³/mol. The lowest BCUT2D eigenvalue weighted by atomic mass is 10.1. The van der Waals surface area contributed by atoms with Gasteiger partial charge in [0.2, 0.25) is 0 Å². The van der Waals surface area contributed by atoms with E-state index < -0.39 is 0 Å². The molecule has 0 aliphatic carbocycles. The summed E-state index contributed by atoms with van der Waals surface area (Å²) in [6.45, 7) is 14.2. The van der Waals surface area contributed by atoms with E-state index in [1.54, 1.807) is 0 Å². The molecule has 0 saturated heterocycles. The molecule has 0 heteroatoms. The van der Waals surface area contributed by atoms with Gasteiger partial charge in [0.1, 0.15) is 0 Å². The van der Waals surface area contributed by atoms with Gasteiger partial charge in [-0.3, -0.25) is 0 Å². The first-order valence-corrected chi connectivity index (χ1v) is 4.50. The Hall–Kier alpha value is -0.520. The van der Waals surface area contributed by atoms with Gasteiger partial charge in [-0.05, 0) is 12.8 Å². The lowest BCUT2D eigenvalue weighted by Crippen LogP contribution is -1.83. The molecule has 11 heavy (non-hydrogen) atoms. The summed E-state index contributed by atoms with van der Waals surface area (Å²) in [7, 11) is 0. The molecule has 0 aliphatic rings. The first-order chi connectivity index (χ1) is 5.16. The molecule has 1 unspecified atom stereocenters. The third-order valence-electron chi connectivity index (χ3n) is 1.35. The van der Waals surface area contributed by atoms with Gasteiger partial charge >= 0.3 is 0 Å². The van der Waals surface area contributed by atoms with Crippen LogP contribution in [-0.4, -0.2) is 0 Å². The van der Waals surface area contributed by atoms with Crippen molar-refractivity contribution in [3.05, 3.63) is 24.3 Å². The highest BCUT2D eigenvalue weighted by Crippen LogP contribution is 2.03. The minimum absolute atomic E-state index is 0.696. The number of hydrogen-bond acceptors (Lipinski definition) is 0. The van der Waals surface area contributed by atoms with E-state index in [1.807, 2.05) is 20.8 Å². The van der Waals surface area contributed by atoms with Gasteiger partial charge in [-0.25, -0.2) is 0 Å². The summed E-state index contributed by atoms with van der Waals surface area (Å²) >= 11 is 0. The summed E-state index contributed by atoms with van der Waals surface area (Å²) in [6.07, 6.45) is 5.49. The van der Waals surface area contributed by atoms with E-state index >= 15 is 0 Å². The van der Waals surface area contributed by atoms with Crippen LogP contribution in [0.3, 0.4) is 0 Å². The van der Waals surface area contributed by atoms with Gasteiger partial charge in [-0.1, -0.05) is 58.4 Å². The number of allylic oxidation sites excluding steroid dienone is 3. The zero-order chi connectivity index (χ0) is 9.28. The Morgan fingerprint density at radius 3 is 2.18 bits per heavy atom. The fraction of sp³-hybridized carbons (Fsp3) is 0.636. The van der Waals surface area contributed by atoms with E-state index in [-0.39, 0.29) is 0 Å². The summed E-state index contributed by atoms with van der Waals surface area (Å²) < 4.78 is 0. The van der Waals surface area contributed by atoms with Crippen LogP contribution in [0.4, 0.5) is 0 Å². The molecule has 0 radical (unpaired) electrons. The lowest BCUT2D eigenvalue weighted by molar-refractivity contribution is 0.698. The van der Waals surface area contributed by atoms with Crippen LogP contribution in [0.25, 0.3) is 0 Å². The van der Waals surface area contributed by atoms with Gasteiger partial charge in [-0.15, -0.1) is 0 Å². The Bertz CT molecular complexity index is 109. The molecule has 0 heterocycles. The molecule has 0 rings (SSSR count). The maximum atomic E-state index is 3.77. The highest BCUT2D eigenvalue weighted by atomic mass is 13.9. The second kappa shape index (κ2) is 9.48. The molecule has 0 aliphatic heterocycles. The molecule has 0 nitrogen and oxygen atoms in total. The Labute approximate surface area is 72.0 Å². The Kier molecular flexibility index (Phi) is 11.3. The maximum absolute atomic E-state index is 3.77. The first kappa shape index (κ1) is 13.1. The first-order valence-electron chi connectivity index (χ1n) is 4.50. The van der Waals surface area contributed by atoms with E-state index in [0.29, 0.717) is 5.92 Å². The van der Waals surface area contributed by atoms with Crippen molar-refractivity contribution in [3.63, 3.8) is 0 Å². The molecule has 66 valence electrons. The molecule has 0 N–H and O–H groups in total. The van der Waals surface area contributed by atoms with E-state index in [9.17, 15) is 0 Å². The number of hydrogen-bond donors (Lipinski definition) is 0. The third-order valence-corrected chi connectivity index (χ3v) is 1.35. The summed E-state index contributed by atoms with van der Waals surface area (Å²) in [5.74, 6) is 0.696. The Morgan fingerprint density at radius 2 is 1.91 bits per heavy atom. The van der Waals surface area contributed by atoms with Crippen molar-refractivity contribution in [1.82, 2.24) is 0 Å². The van der Waals surface area contributed by atoms with Crippen molar-refractivity contribution >= 4 is 0 Å². The average molecular weight is 154 g/mol. The van der Waals surface area contributed by atoms with Crippen LogP contribution in [0.15, 0.2) is 24.3 Å². The molecule has 0 saturated carbocycles. The molecule has 0 amide bonds. The van der Waals surface area contributed by atoms with E-state index in [0.717, 1.165) is 5.57 Å². The zero-order valence-electron chi connectivity index (χ0n) is 8.65. The minimum atomic E-state index is 0.696. The van der Waals surface area contributed by atoms with E-state index in [4.69, 9.17) is 0 Å². The fourth-order valence-corrected chi connectivity index (χ4v) is 0.465. The van der Waals surface area contributed by atoms with Crippen molar-refractivity contribution in [3.8, 4) is 0 Å². The quantitative estimate of drug-likeness (QED) is 0.535.